The summed E-state index contributed by atoms with van der Waals surface area (Å²) in [6.45, 7) is 2.16. The molecule has 0 saturated heterocycles. The normalized spacial score (nSPS) is 29.1. The van der Waals surface area contributed by atoms with Gasteiger partial charge >= 0.3 is 0 Å². The standard InChI is InChI=1S/C17H19BrO2/c1-2-9-17-10-3-4-13(17)14(15(18)16(17)20)11-5-7-12(19)8-6-11/h5-8,13,19H,2-4,9-10H2,1H3. The second kappa shape index (κ2) is 5.03. The molecule has 2 nitrogen and oxygen atoms in total. The SMILES string of the molecule is CCCC12CCCC1C(c1ccc(O)cc1)=C(Br)C2=O. The number of carbonyl (C=O) groups excluding carboxylic acids is 1. The molecule has 0 aromatic heterocycles. The van der Waals surface area contributed by atoms with E-state index in [1.807, 2.05) is 12.1 Å². The smallest absolute Gasteiger partial charge is 0.176 e. The van der Waals surface area contributed by atoms with E-state index in [0.717, 1.165) is 47.7 Å². The average molecular weight is 335 g/mol. The van der Waals surface area contributed by atoms with Gasteiger partial charge in [0.2, 0.25) is 0 Å². The Balaban J connectivity index is 2.07. The number of fused-ring (bicyclic) bond motifs is 1. The maximum absolute atomic E-state index is 12.8. The first-order valence-corrected chi connectivity index (χ1v) is 8.13. The maximum Gasteiger partial charge on any atom is 0.176 e. The van der Waals surface area contributed by atoms with Crippen molar-refractivity contribution in [1.82, 2.24) is 0 Å². The summed E-state index contributed by atoms with van der Waals surface area (Å²) in [7, 11) is 0. The van der Waals surface area contributed by atoms with Crippen LogP contribution in [0.3, 0.4) is 0 Å². The Morgan fingerprint density at radius 1 is 1.35 bits per heavy atom. The molecule has 1 aromatic carbocycles. The maximum atomic E-state index is 12.8. The summed E-state index contributed by atoms with van der Waals surface area (Å²) in [5.41, 5.74) is 2.05. The zero-order chi connectivity index (χ0) is 14.3. The van der Waals surface area contributed by atoms with Gasteiger partial charge in [0.1, 0.15) is 5.75 Å². The number of phenolic OH excluding ortho intramolecular Hbond substituents is 1. The number of hydrogen-bond donors (Lipinski definition) is 1. The highest BCUT2D eigenvalue weighted by molar-refractivity contribution is 9.12. The topological polar surface area (TPSA) is 37.3 Å². The van der Waals surface area contributed by atoms with Crippen LogP contribution in [0.2, 0.25) is 0 Å². The summed E-state index contributed by atoms with van der Waals surface area (Å²) in [6.07, 6.45) is 5.27. The molecule has 1 fully saturated rings. The van der Waals surface area contributed by atoms with E-state index >= 15 is 0 Å². The van der Waals surface area contributed by atoms with Crippen molar-refractivity contribution in [1.29, 1.82) is 0 Å². The van der Waals surface area contributed by atoms with Crippen molar-refractivity contribution >= 4 is 27.3 Å². The van der Waals surface area contributed by atoms with Crippen molar-refractivity contribution < 1.29 is 9.90 Å². The molecule has 1 saturated carbocycles. The first-order valence-electron chi connectivity index (χ1n) is 7.34. The van der Waals surface area contributed by atoms with Crippen molar-refractivity contribution in [2.75, 3.05) is 0 Å². The van der Waals surface area contributed by atoms with Crippen LogP contribution in [-0.4, -0.2) is 10.9 Å². The first kappa shape index (κ1) is 13.9. The number of benzene rings is 1. The van der Waals surface area contributed by atoms with Gasteiger partial charge in [-0.2, -0.15) is 0 Å². The Hall–Kier alpha value is -1.09. The summed E-state index contributed by atoms with van der Waals surface area (Å²) in [6, 6.07) is 7.23. The average Bonchev–Trinajstić information content (AvgIpc) is 2.92. The largest absolute Gasteiger partial charge is 0.508 e. The van der Waals surface area contributed by atoms with Crippen LogP contribution in [-0.2, 0) is 4.79 Å². The molecule has 2 atom stereocenters. The predicted octanol–water partition coefficient (Wildman–Crippen LogP) is 4.67. The van der Waals surface area contributed by atoms with E-state index in [4.69, 9.17) is 0 Å². The van der Waals surface area contributed by atoms with Gasteiger partial charge in [0, 0.05) is 5.41 Å². The van der Waals surface area contributed by atoms with Crippen LogP contribution in [0.5, 0.6) is 5.75 Å². The summed E-state index contributed by atoms with van der Waals surface area (Å²) < 4.78 is 0.765. The molecule has 3 heteroatoms. The van der Waals surface area contributed by atoms with Gasteiger partial charge in [-0.3, -0.25) is 4.79 Å². The number of rotatable bonds is 3. The molecule has 0 aliphatic heterocycles. The molecule has 2 aliphatic carbocycles. The molecule has 0 bridgehead atoms. The Morgan fingerprint density at radius 3 is 2.70 bits per heavy atom. The number of halogens is 1. The third-order valence-electron chi connectivity index (χ3n) is 4.89. The van der Waals surface area contributed by atoms with E-state index in [9.17, 15) is 9.90 Å². The number of aromatic hydroxyl groups is 1. The number of hydrogen-bond acceptors (Lipinski definition) is 2. The molecule has 3 rings (SSSR count). The van der Waals surface area contributed by atoms with Crippen LogP contribution < -0.4 is 0 Å². The molecule has 1 aromatic rings. The molecule has 0 spiro atoms. The monoisotopic (exact) mass is 334 g/mol. The zero-order valence-corrected chi connectivity index (χ0v) is 13.2. The second-order valence-corrected chi connectivity index (χ2v) is 6.75. The van der Waals surface area contributed by atoms with Crippen LogP contribution in [0.25, 0.3) is 5.57 Å². The minimum Gasteiger partial charge on any atom is -0.508 e. The van der Waals surface area contributed by atoms with Gasteiger partial charge in [-0.05, 0) is 64.4 Å². The number of carbonyl (C=O) groups is 1. The van der Waals surface area contributed by atoms with Crippen molar-refractivity contribution in [2.45, 2.75) is 39.0 Å². The van der Waals surface area contributed by atoms with E-state index in [-0.39, 0.29) is 11.2 Å². The fourth-order valence-electron chi connectivity index (χ4n) is 4.09. The molecule has 106 valence electrons. The minimum atomic E-state index is -0.166. The van der Waals surface area contributed by atoms with E-state index in [1.165, 1.54) is 0 Å². The molecule has 0 amide bonds. The van der Waals surface area contributed by atoms with Crippen molar-refractivity contribution in [3.05, 3.63) is 34.3 Å². The fourth-order valence-corrected chi connectivity index (χ4v) is 4.99. The fraction of sp³-hybridized carbons (Fsp3) is 0.471. The molecule has 0 heterocycles. The van der Waals surface area contributed by atoms with E-state index in [1.54, 1.807) is 12.1 Å². The molecule has 1 N–H and O–H groups in total. The Kier molecular flexibility index (Phi) is 3.49. The van der Waals surface area contributed by atoms with Crippen LogP contribution in [0, 0.1) is 11.3 Å². The van der Waals surface area contributed by atoms with Crippen molar-refractivity contribution in [3.63, 3.8) is 0 Å². The number of phenols is 1. The highest BCUT2D eigenvalue weighted by Gasteiger charge is 2.55. The highest BCUT2D eigenvalue weighted by atomic mass is 79.9. The predicted molar refractivity (Wildman–Crippen MR) is 83.6 cm³/mol. The Labute approximate surface area is 128 Å². The summed E-state index contributed by atoms with van der Waals surface area (Å²) in [5, 5.41) is 9.44. The van der Waals surface area contributed by atoms with Crippen molar-refractivity contribution in [3.8, 4) is 5.75 Å². The lowest BCUT2D eigenvalue weighted by Crippen LogP contribution is -2.29. The minimum absolute atomic E-state index is 0.166. The first-order chi connectivity index (χ1) is 9.60. The molecular formula is C17H19BrO2. The van der Waals surface area contributed by atoms with E-state index < -0.39 is 0 Å². The lowest BCUT2D eigenvalue weighted by molar-refractivity contribution is -0.124. The van der Waals surface area contributed by atoms with E-state index in [2.05, 4.69) is 22.9 Å². The van der Waals surface area contributed by atoms with Gasteiger partial charge < -0.3 is 5.11 Å². The van der Waals surface area contributed by atoms with Gasteiger partial charge in [-0.25, -0.2) is 0 Å². The summed E-state index contributed by atoms with van der Waals surface area (Å²) in [5.74, 6) is 0.903. The lowest BCUT2D eigenvalue weighted by Gasteiger charge is -2.29. The van der Waals surface area contributed by atoms with E-state index in [0.29, 0.717) is 11.7 Å². The van der Waals surface area contributed by atoms with Crippen LogP contribution in [0.15, 0.2) is 28.7 Å². The summed E-state index contributed by atoms with van der Waals surface area (Å²) >= 11 is 3.55. The van der Waals surface area contributed by atoms with Crippen LogP contribution in [0.1, 0.15) is 44.6 Å². The Morgan fingerprint density at radius 2 is 2.05 bits per heavy atom. The number of allylic oxidation sites excluding steroid dienone is 2. The van der Waals surface area contributed by atoms with Gasteiger partial charge in [0.15, 0.2) is 5.78 Å². The third kappa shape index (κ3) is 1.86. The number of ketones is 1. The van der Waals surface area contributed by atoms with Crippen LogP contribution in [0.4, 0.5) is 0 Å². The van der Waals surface area contributed by atoms with Gasteiger partial charge in [0.05, 0.1) is 4.48 Å². The molecular weight excluding hydrogens is 316 g/mol. The zero-order valence-electron chi connectivity index (χ0n) is 11.7. The second-order valence-electron chi connectivity index (χ2n) is 5.95. The third-order valence-corrected chi connectivity index (χ3v) is 5.68. The Bertz CT molecular complexity index is 573. The molecule has 20 heavy (non-hydrogen) atoms. The van der Waals surface area contributed by atoms with Crippen molar-refractivity contribution in [2.24, 2.45) is 11.3 Å². The van der Waals surface area contributed by atoms with Gasteiger partial charge in [-0.15, -0.1) is 0 Å². The number of Topliss-reactive ketones (excluding diaryl/α,β-unsaturated/α-hetero) is 1. The summed E-state index contributed by atoms with van der Waals surface area (Å²) in [4.78, 5) is 12.8. The highest BCUT2D eigenvalue weighted by Crippen LogP contribution is 2.60. The molecule has 2 aliphatic rings. The quantitative estimate of drug-likeness (QED) is 0.872. The lowest BCUT2D eigenvalue weighted by atomic mass is 9.73. The van der Waals surface area contributed by atoms with Gasteiger partial charge in [0.25, 0.3) is 0 Å². The van der Waals surface area contributed by atoms with Crippen LogP contribution >= 0.6 is 15.9 Å². The molecule has 2 unspecified atom stereocenters. The molecule has 0 radical (unpaired) electrons. The van der Waals surface area contributed by atoms with Gasteiger partial charge in [-0.1, -0.05) is 31.9 Å².